The minimum Gasteiger partial charge on any atom is -0.455 e. The molecular formula is C21H23N3O5S. The summed E-state index contributed by atoms with van der Waals surface area (Å²) in [6.45, 7) is 3.44. The third-order valence-corrected chi connectivity index (χ3v) is 5.65. The fraction of sp³-hybridized carbons (Fsp3) is 0.333. The van der Waals surface area contributed by atoms with E-state index in [1.165, 1.54) is 11.3 Å². The van der Waals surface area contributed by atoms with Gasteiger partial charge < -0.3 is 15.0 Å². The molecule has 2 atom stereocenters. The zero-order valence-electron chi connectivity index (χ0n) is 16.7. The number of ether oxygens (including phenoxy) is 1. The number of carbonyl (C=O) groups is 4. The third-order valence-electron chi connectivity index (χ3n) is 4.71. The largest absolute Gasteiger partial charge is 0.455 e. The van der Waals surface area contributed by atoms with Crippen molar-refractivity contribution in [2.75, 3.05) is 18.1 Å². The van der Waals surface area contributed by atoms with Crippen molar-refractivity contribution in [2.45, 2.75) is 26.3 Å². The Balaban J connectivity index is 1.75. The molecule has 1 fully saturated rings. The van der Waals surface area contributed by atoms with Crippen LogP contribution in [0.4, 0.5) is 10.5 Å². The van der Waals surface area contributed by atoms with E-state index in [1.807, 2.05) is 48.7 Å². The Labute approximate surface area is 178 Å². The van der Waals surface area contributed by atoms with Gasteiger partial charge in [-0.2, -0.15) is 0 Å². The van der Waals surface area contributed by atoms with Crippen LogP contribution >= 0.6 is 11.3 Å². The summed E-state index contributed by atoms with van der Waals surface area (Å²) in [5.41, 5.74) is 1.76. The summed E-state index contributed by atoms with van der Waals surface area (Å²) in [5, 5.41) is 6.37. The molecule has 158 valence electrons. The summed E-state index contributed by atoms with van der Waals surface area (Å²) >= 11 is 1.45. The molecule has 0 radical (unpaired) electrons. The van der Waals surface area contributed by atoms with Crippen LogP contribution in [0.5, 0.6) is 0 Å². The first kappa shape index (κ1) is 21.5. The first-order chi connectivity index (χ1) is 14.4. The van der Waals surface area contributed by atoms with Crippen LogP contribution in [0, 0.1) is 12.8 Å². The van der Waals surface area contributed by atoms with E-state index in [0.717, 1.165) is 10.4 Å². The summed E-state index contributed by atoms with van der Waals surface area (Å²) < 4.78 is 5.14. The van der Waals surface area contributed by atoms with Crippen molar-refractivity contribution in [3.63, 3.8) is 0 Å². The number of nitrogens with zero attached hydrogens (tertiary/aromatic N) is 1. The molecular weight excluding hydrogens is 406 g/mol. The topological polar surface area (TPSA) is 105 Å². The van der Waals surface area contributed by atoms with Gasteiger partial charge in [0.05, 0.1) is 12.0 Å². The van der Waals surface area contributed by atoms with E-state index in [9.17, 15) is 19.2 Å². The number of urea groups is 1. The van der Waals surface area contributed by atoms with Gasteiger partial charge in [-0.05, 0) is 37.4 Å². The minimum absolute atomic E-state index is 0.0206. The molecule has 0 aliphatic carbocycles. The second-order valence-corrected chi connectivity index (χ2v) is 7.86. The number of imide groups is 1. The van der Waals surface area contributed by atoms with Gasteiger partial charge in [0, 0.05) is 23.5 Å². The lowest BCUT2D eigenvalue weighted by Gasteiger charge is -2.27. The van der Waals surface area contributed by atoms with Gasteiger partial charge in [-0.1, -0.05) is 23.8 Å². The Kier molecular flexibility index (Phi) is 6.83. The quantitative estimate of drug-likeness (QED) is 0.687. The fourth-order valence-electron chi connectivity index (χ4n) is 3.35. The average molecular weight is 429 g/mol. The van der Waals surface area contributed by atoms with E-state index < -0.39 is 36.5 Å². The fourth-order valence-corrected chi connectivity index (χ4v) is 4.23. The van der Waals surface area contributed by atoms with Gasteiger partial charge in [-0.3, -0.25) is 19.7 Å². The van der Waals surface area contributed by atoms with Gasteiger partial charge in [0.2, 0.25) is 5.91 Å². The predicted octanol–water partition coefficient (Wildman–Crippen LogP) is 2.54. The lowest BCUT2D eigenvalue weighted by molar-refractivity contribution is -0.152. The molecule has 1 aliphatic heterocycles. The summed E-state index contributed by atoms with van der Waals surface area (Å²) in [6, 6.07) is 10.1. The molecule has 2 heterocycles. The van der Waals surface area contributed by atoms with E-state index in [0.29, 0.717) is 12.2 Å². The number of amides is 4. The normalized spacial score (nSPS) is 18.2. The van der Waals surface area contributed by atoms with Gasteiger partial charge in [-0.25, -0.2) is 4.79 Å². The highest BCUT2D eigenvalue weighted by Crippen LogP contribution is 2.43. The summed E-state index contributed by atoms with van der Waals surface area (Å²) in [4.78, 5) is 51.3. The van der Waals surface area contributed by atoms with Gasteiger partial charge in [0.1, 0.15) is 0 Å². The average Bonchev–Trinajstić information content (AvgIpc) is 3.34. The number of hydrogen-bond donors (Lipinski definition) is 2. The highest BCUT2D eigenvalue weighted by molar-refractivity contribution is 7.10. The van der Waals surface area contributed by atoms with Gasteiger partial charge in [0.15, 0.2) is 6.61 Å². The summed E-state index contributed by atoms with van der Waals surface area (Å²) in [5.74, 6) is -2.33. The van der Waals surface area contributed by atoms with Crippen molar-refractivity contribution in [1.82, 2.24) is 10.6 Å². The van der Waals surface area contributed by atoms with Crippen molar-refractivity contribution in [3.05, 3.63) is 52.2 Å². The van der Waals surface area contributed by atoms with E-state index in [-0.39, 0.29) is 12.3 Å². The number of aryl methyl sites for hydroxylation is 1. The molecule has 2 aromatic rings. The highest BCUT2D eigenvalue weighted by atomic mass is 32.1. The number of nitrogens with one attached hydrogen (secondary N) is 2. The highest BCUT2D eigenvalue weighted by Gasteiger charge is 2.46. The summed E-state index contributed by atoms with van der Waals surface area (Å²) in [7, 11) is 0. The van der Waals surface area contributed by atoms with Crippen molar-refractivity contribution >= 4 is 40.8 Å². The van der Waals surface area contributed by atoms with Crippen LogP contribution in [0.2, 0.25) is 0 Å². The number of anilines is 1. The van der Waals surface area contributed by atoms with E-state index >= 15 is 0 Å². The van der Waals surface area contributed by atoms with Crippen molar-refractivity contribution < 1.29 is 23.9 Å². The smallest absolute Gasteiger partial charge is 0.321 e. The Morgan fingerprint density at radius 3 is 2.57 bits per heavy atom. The number of thiophene rings is 1. The van der Waals surface area contributed by atoms with Gasteiger partial charge in [-0.15, -0.1) is 11.3 Å². The monoisotopic (exact) mass is 429 g/mol. The van der Waals surface area contributed by atoms with E-state index in [1.54, 1.807) is 11.8 Å². The molecule has 1 aliphatic rings. The first-order valence-electron chi connectivity index (χ1n) is 9.57. The van der Waals surface area contributed by atoms with E-state index in [4.69, 9.17) is 4.74 Å². The maximum Gasteiger partial charge on any atom is 0.321 e. The van der Waals surface area contributed by atoms with Gasteiger partial charge in [0.25, 0.3) is 5.91 Å². The first-order valence-corrected chi connectivity index (χ1v) is 10.4. The molecule has 0 saturated carbocycles. The number of rotatable bonds is 6. The SMILES string of the molecule is CCNC(=O)NC(=O)COC(=O)[C@H]1CC(=O)N(c2ccc(C)cc2)[C@H]1c1cccs1. The standard InChI is InChI=1S/C21H23N3O5S/c1-3-22-21(28)23-17(25)12-29-20(27)15-11-18(26)24(14-8-6-13(2)7-9-14)19(15)16-5-4-10-30-16/h4-10,15,19H,3,11-12H2,1-2H3,(H2,22,23,25,28)/t15-,19+/m0/s1. The zero-order valence-corrected chi connectivity index (χ0v) is 17.5. The number of hydrogen-bond acceptors (Lipinski definition) is 6. The molecule has 9 heteroatoms. The molecule has 1 aromatic heterocycles. The molecule has 0 spiro atoms. The number of benzene rings is 1. The maximum atomic E-state index is 12.8. The molecule has 1 aromatic carbocycles. The molecule has 30 heavy (non-hydrogen) atoms. The molecule has 3 rings (SSSR count). The molecule has 8 nitrogen and oxygen atoms in total. The Hall–Kier alpha value is -3.20. The molecule has 0 bridgehead atoms. The molecule has 1 saturated heterocycles. The van der Waals surface area contributed by atoms with Crippen molar-refractivity contribution in [1.29, 1.82) is 0 Å². The van der Waals surface area contributed by atoms with Crippen LogP contribution in [0.3, 0.4) is 0 Å². The van der Waals surface area contributed by atoms with Crippen molar-refractivity contribution in [2.24, 2.45) is 5.92 Å². The Bertz CT molecular complexity index is 927. The third kappa shape index (κ3) is 4.85. The number of esters is 1. The molecule has 4 amide bonds. The molecule has 0 unspecified atom stereocenters. The predicted molar refractivity (Wildman–Crippen MR) is 112 cm³/mol. The van der Waals surface area contributed by atoms with Crippen LogP contribution in [0.15, 0.2) is 41.8 Å². The van der Waals surface area contributed by atoms with Crippen LogP contribution in [0.25, 0.3) is 0 Å². The lowest BCUT2D eigenvalue weighted by atomic mass is 9.99. The van der Waals surface area contributed by atoms with Crippen LogP contribution in [-0.4, -0.2) is 37.0 Å². The Morgan fingerprint density at radius 2 is 1.93 bits per heavy atom. The summed E-state index contributed by atoms with van der Waals surface area (Å²) in [6.07, 6.45) is -0.0206. The maximum absolute atomic E-state index is 12.8. The molecule has 2 N–H and O–H groups in total. The Morgan fingerprint density at radius 1 is 1.20 bits per heavy atom. The van der Waals surface area contributed by atoms with Crippen LogP contribution in [-0.2, 0) is 19.1 Å². The number of carbonyl (C=O) groups excluding carboxylic acids is 4. The second kappa shape index (κ2) is 9.53. The zero-order chi connectivity index (χ0) is 21.7. The minimum atomic E-state index is -0.755. The van der Waals surface area contributed by atoms with E-state index in [2.05, 4.69) is 10.6 Å². The van der Waals surface area contributed by atoms with Crippen LogP contribution < -0.4 is 15.5 Å². The van der Waals surface area contributed by atoms with Crippen molar-refractivity contribution in [3.8, 4) is 0 Å². The lowest BCUT2D eigenvalue weighted by Crippen LogP contribution is -2.41. The van der Waals surface area contributed by atoms with Gasteiger partial charge >= 0.3 is 12.0 Å². The second-order valence-electron chi connectivity index (χ2n) is 6.89. The van der Waals surface area contributed by atoms with Crippen LogP contribution in [0.1, 0.15) is 29.8 Å².